The predicted octanol–water partition coefficient (Wildman–Crippen LogP) is 6.62. The second kappa shape index (κ2) is 7.82. The maximum atomic E-state index is 14.7. The van der Waals surface area contributed by atoms with E-state index in [1.807, 2.05) is 0 Å². The van der Waals surface area contributed by atoms with Crippen LogP contribution in [0.25, 0.3) is 0 Å². The first kappa shape index (κ1) is 29.1. The number of alkyl halides is 13. The Labute approximate surface area is 178 Å². The van der Waals surface area contributed by atoms with Gasteiger partial charge in [0.15, 0.2) is 0 Å². The summed E-state index contributed by atoms with van der Waals surface area (Å²) in [7, 11) is 0. The molecule has 0 saturated heterocycles. The molecule has 0 aliphatic rings. The molecule has 0 aliphatic carbocycles. The van der Waals surface area contributed by atoms with E-state index in [-0.39, 0.29) is 13.8 Å². The minimum Gasteiger partial charge on any atom is -0.258 e. The number of benzene rings is 1. The maximum absolute atomic E-state index is 14.7. The van der Waals surface area contributed by atoms with Crippen molar-refractivity contribution in [2.24, 2.45) is 0 Å². The van der Waals surface area contributed by atoms with E-state index in [0.29, 0.717) is 6.92 Å². The molecular weight excluding hydrogens is 519 g/mol. The fourth-order valence-electron chi connectivity index (χ4n) is 3.14. The van der Waals surface area contributed by atoms with Crippen LogP contribution in [-0.2, 0) is 5.92 Å². The van der Waals surface area contributed by atoms with Crippen molar-refractivity contribution in [1.29, 1.82) is 0 Å². The topological polar surface area (TPSA) is 86.3 Å². The summed E-state index contributed by atoms with van der Waals surface area (Å²) < 4.78 is 175. The monoisotopic (exact) mass is 528 g/mol. The molecule has 19 heteroatoms. The Bertz CT molecular complexity index is 993. The summed E-state index contributed by atoms with van der Waals surface area (Å²) >= 11 is 0. The standard InChI is InChI=1S/C15H9F13N2O4/c1-4-7(5(2)9(30(33)34)6(3)8(4)29(31)32)10(16,17)11(18,19)12(20,21)13(22,23)14(24,25)15(26,27)28/h1-3H3. The minimum atomic E-state index is -8.18. The first-order valence-corrected chi connectivity index (χ1v) is 8.13. The Morgan fingerprint density at radius 1 is 0.529 bits per heavy atom. The van der Waals surface area contributed by atoms with E-state index >= 15 is 0 Å². The molecule has 0 radical (unpaired) electrons. The average Bonchev–Trinajstić information content (AvgIpc) is 2.58. The third-order valence-electron chi connectivity index (χ3n) is 4.78. The number of nitro groups is 2. The van der Waals surface area contributed by atoms with Crippen LogP contribution in [0.1, 0.15) is 22.3 Å². The molecule has 0 unspecified atom stereocenters. The van der Waals surface area contributed by atoms with Crippen molar-refractivity contribution in [3.63, 3.8) is 0 Å². The van der Waals surface area contributed by atoms with Crippen molar-refractivity contribution in [2.75, 3.05) is 0 Å². The number of hydrogen-bond donors (Lipinski definition) is 0. The summed E-state index contributed by atoms with van der Waals surface area (Å²) in [5.74, 6) is -39.0. The van der Waals surface area contributed by atoms with Gasteiger partial charge in [0.25, 0.3) is 11.4 Å². The highest BCUT2D eigenvalue weighted by Crippen LogP contribution is 2.63. The van der Waals surface area contributed by atoms with Crippen molar-refractivity contribution in [3.05, 3.63) is 42.5 Å². The smallest absolute Gasteiger partial charge is 0.258 e. The number of nitrogens with zero attached hydrogens (tertiary/aromatic N) is 2. The Morgan fingerprint density at radius 3 is 1.09 bits per heavy atom. The third-order valence-corrected chi connectivity index (χ3v) is 4.78. The quantitative estimate of drug-likeness (QED) is 0.226. The van der Waals surface area contributed by atoms with Gasteiger partial charge >= 0.3 is 35.8 Å². The summed E-state index contributed by atoms with van der Waals surface area (Å²) in [5.41, 5.74) is -10.6. The van der Waals surface area contributed by atoms with Crippen LogP contribution in [-0.4, -0.2) is 39.7 Å². The fourth-order valence-corrected chi connectivity index (χ4v) is 3.14. The summed E-state index contributed by atoms with van der Waals surface area (Å²) in [6.07, 6.45) is -7.61. The van der Waals surface area contributed by atoms with Gasteiger partial charge in [0.2, 0.25) is 0 Å². The lowest BCUT2D eigenvalue weighted by Crippen LogP contribution is -2.69. The molecule has 6 nitrogen and oxygen atoms in total. The Morgan fingerprint density at radius 2 is 0.824 bits per heavy atom. The van der Waals surface area contributed by atoms with E-state index < -0.39 is 79.3 Å². The van der Waals surface area contributed by atoms with Gasteiger partial charge < -0.3 is 0 Å². The van der Waals surface area contributed by atoms with Gasteiger partial charge in [-0.2, -0.15) is 57.1 Å². The molecule has 34 heavy (non-hydrogen) atoms. The second-order valence-corrected chi connectivity index (χ2v) is 6.83. The number of hydrogen-bond acceptors (Lipinski definition) is 4. The van der Waals surface area contributed by atoms with E-state index in [9.17, 15) is 77.3 Å². The molecule has 0 fully saturated rings. The Hall–Kier alpha value is -2.89. The van der Waals surface area contributed by atoms with Crippen molar-refractivity contribution in [2.45, 2.75) is 56.6 Å². The zero-order valence-corrected chi connectivity index (χ0v) is 16.4. The maximum Gasteiger partial charge on any atom is 0.460 e. The fraction of sp³-hybridized carbons (Fsp3) is 0.600. The first-order chi connectivity index (χ1) is 14.7. The molecular formula is C15H9F13N2O4. The van der Waals surface area contributed by atoms with Gasteiger partial charge in [-0.1, -0.05) is 0 Å². The number of halogens is 13. The highest BCUT2D eigenvalue weighted by Gasteiger charge is 2.91. The number of rotatable bonds is 7. The second-order valence-electron chi connectivity index (χ2n) is 6.83. The van der Waals surface area contributed by atoms with Crippen LogP contribution < -0.4 is 0 Å². The molecule has 0 saturated carbocycles. The lowest BCUT2D eigenvalue weighted by molar-refractivity contribution is -0.442. The van der Waals surface area contributed by atoms with E-state index in [2.05, 4.69) is 0 Å². The minimum absolute atomic E-state index is 0.168. The molecule has 0 aromatic heterocycles. The van der Waals surface area contributed by atoms with E-state index in [1.165, 1.54) is 0 Å². The summed E-state index contributed by atoms with van der Waals surface area (Å²) in [5, 5.41) is 22.2. The Kier molecular flexibility index (Phi) is 6.71. The van der Waals surface area contributed by atoms with Gasteiger partial charge in [-0.25, -0.2) is 0 Å². The predicted molar refractivity (Wildman–Crippen MR) is 83.7 cm³/mol. The van der Waals surface area contributed by atoms with Gasteiger partial charge in [-0.15, -0.1) is 0 Å². The average molecular weight is 528 g/mol. The summed E-state index contributed by atoms with van der Waals surface area (Å²) in [4.78, 5) is 18.9. The van der Waals surface area contributed by atoms with E-state index in [4.69, 9.17) is 0 Å². The SMILES string of the molecule is Cc1c([N+](=O)[O-])c(C)c(C(F)(F)C(F)(F)C(F)(F)C(F)(F)C(F)(F)C(F)(F)F)c(C)c1[N+](=O)[O-]. The third kappa shape index (κ3) is 3.58. The summed E-state index contributed by atoms with van der Waals surface area (Å²) in [6, 6.07) is 0. The molecule has 0 amide bonds. The lowest BCUT2D eigenvalue weighted by Gasteiger charge is -2.40. The van der Waals surface area contributed by atoms with Crippen LogP contribution >= 0.6 is 0 Å². The normalized spacial score (nSPS) is 14.4. The molecule has 194 valence electrons. The first-order valence-electron chi connectivity index (χ1n) is 8.13. The van der Waals surface area contributed by atoms with Crippen molar-refractivity contribution >= 4 is 11.4 Å². The molecule has 0 aliphatic heterocycles. The van der Waals surface area contributed by atoms with Crippen LogP contribution in [0.15, 0.2) is 0 Å². The van der Waals surface area contributed by atoms with Crippen molar-refractivity contribution < 1.29 is 66.9 Å². The largest absolute Gasteiger partial charge is 0.460 e. The lowest BCUT2D eigenvalue weighted by atomic mass is 9.84. The van der Waals surface area contributed by atoms with E-state index in [1.54, 1.807) is 0 Å². The van der Waals surface area contributed by atoms with Crippen LogP contribution in [0.4, 0.5) is 68.5 Å². The zero-order chi connectivity index (χ0) is 27.6. The van der Waals surface area contributed by atoms with Gasteiger partial charge in [0, 0.05) is 16.7 Å². The molecule has 1 rings (SSSR count). The van der Waals surface area contributed by atoms with Gasteiger partial charge in [0.05, 0.1) is 9.85 Å². The summed E-state index contributed by atoms with van der Waals surface area (Å²) in [6.45, 7) is 0.895. The van der Waals surface area contributed by atoms with Gasteiger partial charge in [0.1, 0.15) is 5.56 Å². The number of nitro benzene ring substituents is 2. The molecule has 0 N–H and O–H groups in total. The van der Waals surface area contributed by atoms with Crippen molar-refractivity contribution in [3.8, 4) is 0 Å². The molecule has 1 aromatic carbocycles. The van der Waals surface area contributed by atoms with Crippen LogP contribution in [0.5, 0.6) is 0 Å². The van der Waals surface area contributed by atoms with Crippen molar-refractivity contribution in [1.82, 2.24) is 0 Å². The van der Waals surface area contributed by atoms with Gasteiger partial charge in [-0.05, 0) is 20.8 Å². The molecule has 0 atom stereocenters. The Balaban J connectivity index is 4.11. The molecule has 1 aromatic rings. The molecule has 0 spiro atoms. The highest BCUT2D eigenvalue weighted by atomic mass is 19.4. The van der Waals surface area contributed by atoms with Crippen LogP contribution in [0.3, 0.4) is 0 Å². The molecule has 0 heterocycles. The van der Waals surface area contributed by atoms with Crippen LogP contribution in [0.2, 0.25) is 0 Å². The molecule has 0 bridgehead atoms. The highest BCUT2D eigenvalue weighted by molar-refractivity contribution is 5.66. The van der Waals surface area contributed by atoms with Gasteiger partial charge in [-0.3, -0.25) is 20.2 Å². The van der Waals surface area contributed by atoms with Crippen LogP contribution in [0, 0.1) is 41.0 Å². The van der Waals surface area contributed by atoms with E-state index in [0.717, 1.165) is 0 Å². The zero-order valence-electron chi connectivity index (χ0n) is 16.4.